The summed E-state index contributed by atoms with van der Waals surface area (Å²) in [6, 6.07) is 8.84. The summed E-state index contributed by atoms with van der Waals surface area (Å²) in [6.07, 6.45) is 10.8. The summed E-state index contributed by atoms with van der Waals surface area (Å²) >= 11 is 12.0. The van der Waals surface area contributed by atoms with E-state index in [4.69, 9.17) is 32.4 Å². The van der Waals surface area contributed by atoms with Crippen LogP contribution in [0.5, 0.6) is 5.75 Å². The average molecular weight is 431 g/mol. The summed E-state index contributed by atoms with van der Waals surface area (Å²) in [7, 11) is 0. The molecule has 152 valence electrons. The molecule has 2 aromatic rings. The molecule has 0 unspecified atom stereocenters. The lowest BCUT2D eigenvalue weighted by Crippen LogP contribution is -2.49. The zero-order valence-corrected chi connectivity index (χ0v) is 17.7. The van der Waals surface area contributed by atoms with E-state index in [1.807, 2.05) is 12.1 Å². The summed E-state index contributed by atoms with van der Waals surface area (Å²) in [6.45, 7) is 0.262. The first-order valence-electron chi connectivity index (χ1n) is 10.4. The van der Waals surface area contributed by atoms with E-state index in [2.05, 4.69) is 0 Å². The van der Waals surface area contributed by atoms with Crippen molar-refractivity contribution in [1.82, 2.24) is 0 Å². The summed E-state index contributed by atoms with van der Waals surface area (Å²) in [5, 5.41) is 1.03. The Bertz CT molecular complexity index is 924. The Balaban J connectivity index is 1.22. The minimum Gasteiger partial charge on any atom is -0.484 e. The van der Waals surface area contributed by atoms with Crippen LogP contribution in [-0.2, 0) is 11.4 Å². The fourth-order valence-corrected chi connectivity index (χ4v) is 6.51. The van der Waals surface area contributed by atoms with E-state index in [0.717, 1.165) is 37.0 Å². The Morgan fingerprint density at radius 2 is 1.76 bits per heavy atom. The van der Waals surface area contributed by atoms with Gasteiger partial charge in [-0.05, 0) is 98.8 Å². The van der Waals surface area contributed by atoms with Crippen molar-refractivity contribution in [3.05, 3.63) is 58.0 Å². The predicted octanol–water partition coefficient (Wildman–Crippen LogP) is 6.96. The minimum atomic E-state index is -0.102. The third kappa shape index (κ3) is 3.87. The molecular formula is C24H24Cl2O3. The third-order valence-electron chi connectivity index (χ3n) is 6.91. The Kier molecular flexibility index (Phi) is 4.99. The highest BCUT2D eigenvalue weighted by atomic mass is 35.5. The Labute approximate surface area is 181 Å². The van der Waals surface area contributed by atoms with Crippen LogP contribution in [-0.4, -0.2) is 5.78 Å². The lowest BCUT2D eigenvalue weighted by Gasteiger charge is -2.55. The van der Waals surface area contributed by atoms with Crippen LogP contribution in [0.4, 0.5) is 0 Å². The molecule has 0 N–H and O–H groups in total. The number of rotatable bonds is 6. The first-order chi connectivity index (χ1) is 14.0. The molecule has 0 atom stereocenters. The van der Waals surface area contributed by atoms with Gasteiger partial charge in [-0.2, -0.15) is 0 Å². The highest BCUT2D eigenvalue weighted by Crippen LogP contribution is 2.60. The number of furan rings is 1. The quantitative estimate of drug-likeness (QED) is 0.464. The Hall–Kier alpha value is -1.71. The second-order valence-corrected chi connectivity index (χ2v) is 9.91. The molecule has 5 heteroatoms. The topological polar surface area (TPSA) is 39.4 Å². The zero-order valence-electron chi connectivity index (χ0n) is 16.2. The number of halogens is 2. The molecule has 0 spiro atoms. The number of hydrogen-bond acceptors (Lipinski definition) is 3. The van der Waals surface area contributed by atoms with Crippen LogP contribution in [0.25, 0.3) is 6.08 Å². The lowest BCUT2D eigenvalue weighted by atomic mass is 9.48. The molecule has 0 radical (unpaired) electrons. The van der Waals surface area contributed by atoms with Gasteiger partial charge in [0.25, 0.3) is 0 Å². The molecule has 0 saturated heterocycles. The van der Waals surface area contributed by atoms with Crippen molar-refractivity contribution < 1.29 is 13.9 Å². The van der Waals surface area contributed by atoms with Gasteiger partial charge >= 0.3 is 0 Å². The summed E-state index contributed by atoms with van der Waals surface area (Å²) < 4.78 is 11.5. The summed E-state index contributed by atoms with van der Waals surface area (Å²) in [5.41, 5.74) is -0.102. The lowest BCUT2D eigenvalue weighted by molar-refractivity contribution is -0.138. The van der Waals surface area contributed by atoms with Crippen LogP contribution in [0.1, 0.15) is 50.0 Å². The largest absolute Gasteiger partial charge is 0.484 e. The van der Waals surface area contributed by atoms with Gasteiger partial charge < -0.3 is 9.15 Å². The van der Waals surface area contributed by atoms with Crippen molar-refractivity contribution in [2.24, 2.45) is 23.2 Å². The van der Waals surface area contributed by atoms with E-state index in [-0.39, 0.29) is 12.0 Å². The molecule has 6 rings (SSSR count). The van der Waals surface area contributed by atoms with Crippen LogP contribution in [0.2, 0.25) is 10.0 Å². The molecule has 1 aromatic heterocycles. The number of carbonyl (C=O) groups is 1. The van der Waals surface area contributed by atoms with E-state index in [0.29, 0.717) is 33.1 Å². The molecule has 3 nitrogen and oxygen atoms in total. The SMILES string of the molecule is O=C(/C=C/c1ccc(COc2ccc(Cl)cc2Cl)o1)C12CC3CC(CC(C3)C1)C2. The van der Waals surface area contributed by atoms with E-state index in [1.54, 1.807) is 30.4 Å². The minimum absolute atomic E-state index is 0.102. The van der Waals surface area contributed by atoms with Crippen molar-refractivity contribution in [3.63, 3.8) is 0 Å². The second-order valence-electron chi connectivity index (χ2n) is 9.06. The Morgan fingerprint density at radius 3 is 2.41 bits per heavy atom. The fraction of sp³-hybridized carbons (Fsp3) is 0.458. The van der Waals surface area contributed by atoms with Crippen LogP contribution < -0.4 is 4.74 Å². The first-order valence-corrected chi connectivity index (χ1v) is 11.1. The molecular weight excluding hydrogens is 407 g/mol. The van der Waals surface area contributed by atoms with E-state index >= 15 is 0 Å². The van der Waals surface area contributed by atoms with Gasteiger partial charge in [-0.25, -0.2) is 0 Å². The molecule has 29 heavy (non-hydrogen) atoms. The molecule has 4 saturated carbocycles. The fourth-order valence-electron chi connectivity index (χ4n) is 6.05. The molecule has 4 bridgehead atoms. The van der Waals surface area contributed by atoms with Gasteiger partial charge in [0.15, 0.2) is 5.78 Å². The molecule has 1 heterocycles. The standard InChI is InChI=1S/C24H24Cl2O3/c25-18-1-5-22(21(26)10-18)28-14-20-3-2-19(29-20)4-6-23(27)24-11-15-7-16(12-24)9-17(8-15)13-24/h1-6,10,15-17H,7-9,11-14H2/b6-4+. The van der Waals surface area contributed by atoms with Crippen molar-refractivity contribution in [2.45, 2.75) is 45.1 Å². The van der Waals surface area contributed by atoms with Gasteiger partial charge in [-0.1, -0.05) is 23.2 Å². The molecule has 1 aromatic carbocycles. The van der Waals surface area contributed by atoms with Gasteiger partial charge in [0.2, 0.25) is 0 Å². The first kappa shape index (κ1) is 19.3. The number of benzene rings is 1. The van der Waals surface area contributed by atoms with Crippen LogP contribution >= 0.6 is 23.2 Å². The highest BCUT2D eigenvalue weighted by molar-refractivity contribution is 6.35. The zero-order chi connectivity index (χ0) is 20.0. The smallest absolute Gasteiger partial charge is 0.161 e. The predicted molar refractivity (Wildman–Crippen MR) is 114 cm³/mol. The average Bonchev–Trinajstić information content (AvgIpc) is 3.12. The van der Waals surface area contributed by atoms with E-state index < -0.39 is 0 Å². The van der Waals surface area contributed by atoms with Gasteiger partial charge in [0.1, 0.15) is 23.9 Å². The van der Waals surface area contributed by atoms with Crippen molar-refractivity contribution in [3.8, 4) is 5.75 Å². The maximum absolute atomic E-state index is 13.1. The van der Waals surface area contributed by atoms with Crippen LogP contribution in [0, 0.1) is 23.2 Å². The summed E-state index contributed by atoms with van der Waals surface area (Å²) in [4.78, 5) is 13.1. The molecule has 0 aliphatic heterocycles. The monoisotopic (exact) mass is 430 g/mol. The van der Waals surface area contributed by atoms with Crippen molar-refractivity contribution in [1.29, 1.82) is 0 Å². The molecule has 4 aliphatic carbocycles. The third-order valence-corrected chi connectivity index (χ3v) is 7.44. The van der Waals surface area contributed by atoms with Crippen LogP contribution in [0.3, 0.4) is 0 Å². The molecule has 4 aliphatic rings. The van der Waals surface area contributed by atoms with Crippen molar-refractivity contribution in [2.75, 3.05) is 0 Å². The van der Waals surface area contributed by atoms with Gasteiger partial charge in [0, 0.05) is 10.4 Å². The number of ether oxygens (including phenoxy) is 1. The van der Waals surface area contributed by atoms with Crippen molar-refractivity contribution >= 4 is 35.1 Å². The number of ketones is 1. The van der Waals surface area contributed by atoms with Crippen LogP contribution in [0.15, 0.2) is 40.8 Å². The summed E-state index contributed by atoms with van der Waals surface area (Å²) in [5.74, 6) is 4.50. The Morgan fingerprint density at radius 1 is 1.07 bits per heavy atom. The number of allylic oxidation sites excluding steroid dienone is 1. The molecule has 4 fully saturated rings. The van der Waals surface area contributed by atoms with Gasteiger partial charge in [-0.3, -0.25) is 4.79 Å². The highest BCUT2D eigenvalue weighted by Gasteiger charge is 2.53. The van der Waals surface area contributed by atoms with E-state index in [1.165, 1.54) is 19.3 Å². The van der Waals surface area contributed by atoms with Gasteiger partial charge in [0.05, 0.1) is 5.02 Å². The van der Waals surface area contributed by atoms with E-state index in [9.17, 15) is 4.79 Å². The number of carbonyl (C=O) groups excluding carboxylic acids is 1. The maximum Gasteiger partial charge on any atom is 0.161 e. The van der Waals surface area contributed by atoms with Gasteiger partial charge in [-0.15, -0.1) is 0 Å². The maximum atomic E-state index is 13.1. The second kappa shape index (κ2) is 7.52. The number of hydrogen-bond donors (Lipinski definition) is 0. The normalized spacial score (nSPS) is 30.2. The molecule has 0 amide bonds.